The third-order valence-electron chi connectivity index (χ3n) is 4.42. The SMILES string of the molecule is NCc1ccc(N2CCC(CO)CC2)c2ccccc12. The lowest BCUT2D eigenvalue weighted by Gasteiger charge is -2.33. The van der Waals surface area contributed by atoms with Gasteiger partial charge in [0.2, 0.25) is 0 Å². The van der Waals surface area contributed by atoms with Crippen LogP contribution in [-0.4, -0.2) is 24.8 Å². The molecule has 0 aliphatic carbocycles. The lowest BCUT2D eigenvalue weighted by molar-refractivity contribution is 0.203. The number of fused-ring (bicyclic) bond motifs is 1. The molecule has 0 atom stereocenters. The molecule has 3 N–H and O–H groups in total. The first-order chi connectivity index (χ1) is 9.83. The first kappa shape index (κ1) is 13.4. The van der Waals surface area contributed by atoms with Gasteiger partial charge in [0.1, 0.15) is 0 Å². The van der Waals surface area contributed by atoms with Gasteiger partial charge in [-0.2, -0.15) is 0 Å². The van der Waals surface area contributed by atoms with Crippen LogP contribution in [0.25, 0.3) is 10.8 Å². The van der Waals surface area contributed by atoms with Crippen molar-refractivity contribution in [3.8, 4) is 0 Å². The van der Waals surface area contributed by atoms with E-state index in [2.05, 4.69) is 41.3 Å². The average Bonchev–Trinajstić information content (AvgIpc) is 2.54. The van der Waals surface area contributed by atoms with Gasteiger partial charge in [0.15, 0.2) is 0 Å². The number of aliphatic hydroxyl groups is 1. The van der Waals surface area contributed by atoms with E-state index in [1.54, 1.807) is 0 Å². The molecule has 3 nitrogen and oxygen atoms in total. The number of nitrogens with two attached hydrogens (primary N) is 1. The topological polar surface area (TPSA) is 49.5 Å². The molecule has 106 valence electrons. The molecule has 3 heteroatoms. The van der Waals surface area contributed by atoms with Crippen molar-refractivity contribution in [2.75, 3.05) is 24.6 Å². The van der Waals surface area contributed by atoms with E-state index in [1.807, 2.05) is 0 Å². The van der Waals surface area contributed by atoms with E-state index in [1.165, 1.54) is 22.0 Å². The second kappa shape index (κ2) is 5.81. The summed E-state index contributed by atoms with van der Waals surface area (Å²) in [5.41, 5.74) is 8.34. The quantitative estimate of drug-likeness (QED) is 0.901. The summed E-state index contributed by atoms with van der Waals surface area (Å²) in [4.78, 5) is 2.44. The number of rotatable bonds is 3. The van der Waals surface area contributed by atoms with Crippen LogP contribution in [0.1, 0.15) is 18.4 Å². The molecule has 0 spiro atoms. The minimum atomic E-state index is 0.320. The lowest BCUT2D eigenvalue weighted by atomic mass is 9.96. The van der Waals surface area contributed by atoms with Gasteiger partial charge < -0.3 is 15.7 Å². The van der Waals surface area contributed by atoms with Gasteiger partial charge in [-0.05, 0) is 35.8 Å². The van der Waals surface area contributed by atoms with E-state index in [-0.39, 0.29) is 0 Å². The molecule has 1 saturated heterocycles. The summed E-state index contributed by atoms with van der Waals surface area (Å²) >= 11 is 0. The smallest absolute Gasteiger partial charge is 0.0460 e. The fraction of sp³-hybridized carbons (Fsp3) is 0.412. The Morgan fingerprint density at radius 1 is 1.05 bits per heavy atom. The van der Waals surface area contributed by atoms with Crippen LogP contribution in [0, 0.1) is 5.92 Å². The summed E-state index contributed by atoms with van der Waals surface area (Å²) in [7, 11) is 0. The maximum atomic E-state index is 9.26. The summed E-state index contributed by atoms with van der Waals surface area (Å²) in [5, 5.41) is 11.8. The Morgan fingerprint density at radius 2 is 1.75 bits per heavy atom. The van der Waals surface area contributed by atoms with Crippen LogP contribution >= 0.6 is 0 Å². The number of aliphatic hydroxyl groups excluding tert-OH is 1. The molecule has 3 rings (SSSR count). The van der Waals surface area contributed by atoms with Gasteiger partial charge in [-0.15, -0.1) is 0 Å². The molecule has 0 aromatic heterocycles. The van der Waals surface area contributed by atoms with Crippen molar-refractivity contribution in [3.05, 3.63) is 42.0 Å². The van der Waals surface area contributed by atoms with Gasteiger partial charge >= 0.3 is 0 Å². The molecule has 0 bridgehead atoms. The highest BCUT2D eigenvalue weighted by molar-refractivity contribution is 5.96. The largest absolute Gasteiger partial charge is 0.396 e. The highest BCUT2D eigenvalue weighted by Crippen LogP contribution is 2.32. The van der Waals surface area contributed by atoms with Crippen LogP contribution in [0.2, 0.25) is 0 Å². The zero-order chi connectivity index (χ0) is 13.9. The molecule has 0 radical (unpaired) electrons. The standard InChI is InChI=1S/C17H22N2O/c18-11-14-5-6-17(16-4-2-1-3-15(14)16)19-9-7-13(12-20)8-10-19/h1-6,13,20H,7-12,18H2. The Labute approximate surface area is 120 Å². The van der Waals surface area contributed by atoms with E-state index in [9.17, 15) is 5.11 Å². The lowest BCUT2D eigenvalue weighted by Crippen LogP contribution is -2.34. The summed E-state index contributed by atoms with van der Waals surface area (Å²) in [6, 6.07) is 12.8. The maximum Gasteiger partial charge on any atom is 0.0460 e. The van der Waals surface area contributed by atoms with Crippen molar-refractivity contribution in [2.24, 2.45) is 11.7 Å². The minimum absolute atomic E-state index is 0.320. The van der Waals surface area contributed by atoms with Gasteiger partial charge in [-0.3, -0.25) is 0 Å². The van der Waals surface area contributed by atoms with E-state index < -0.39 is 0 Å². The first-order valence-electron chi connectivity index (χ1n) is 7.40. The minimum Gasteiger partial charge on any atom is -0.396 e. The summed E-state index contributed by atoms with van der Waals surface area (Å²) < 4.78 is 0. The molecule has 20 heavy (non-hydrogen) atoms. The normalized spacial score (nSPS) is 16.8. The van der Waals surface area contributed by atoms with Crippen molar-refractivity contribution < 1.29 is 5.11 Å². The third-order valence-corrected chi connectivity index (χ3v) is 4.42. The van der Waals surface area contributed by atoms with E-state index >= 15 is 0 Å². The fourth-order valence-electron chi connectivity index (χ4n) is 3.16. The van der Waals surface area contributed by atoms with Crippen LogP contribution in [0.4, 0.5) is 5.69 Å². The van der Waals surface area contributed by atoms with Crippen LogP contribution in [0.5, 0.6) is 0 Å². The number of benzene rings is 2. The average molecular weight is 270 g/mol. The van der Waals surface area contributed by atoms with Crippen molar-refractivity contribution in [3.63, 3.8) is 0 Å². The van der Waals surface area contributed by atoms with Gasteiger partial charge in [0.25, 0.3) is 0 Å². The van der Waals surface area contributed by atoms with Gasteiger partial charge in [0, 0.05) is 37.3 Å². The molecule has 0 unspecified atom stereocenters. The van der Waals surface area contributed by atoms with Crippen molar-refractivity contribution in [2.45, 2.75) is 19.4 Å². The van der Waals surface area contributed by atoms with E-state index in [0.29, 0.717) is 19.1 Å². The van der Waals surface area contributed by atoms with Crippen molar-refractivity contribution in [1.82, 2.24) is 0 Å². The van der Waals surface area contributed by atoms with Crippen LogP contribution in [-0.2, 0) is 6.54 Å². The molecular weight excluding hydrogens is 248 g/mol. The number of piperidine rings is 1. The number of hydrogen-bond donors (Lipinski definition) is 2. The number of anilines is 1. The highest BCUT2D eigenvalue weighted by atomic mass is 16.3. The molecule has 0 amide bonds. The Bertz CT molecular complexity index is 589. The van der Waals surface area contributed by atoms with Gasteiger partial charge in [0.05, 0.1) is 0 Å². The second-order valence-corrected chi connectivity index (χ2v) is 5.61. The number of nitrogens with zero attached hydrogens (tertiary/aromatic N) is 1. The van der Waals surface area contributed by atoms with Gasteiger partial charge in [-0.1, -0.05) is 30.3 Å². The fourth-order valence-corrected chi connectivity index (χ4v) is 3.16. The Hall–Kier alpha value is -1.58. The molecular formula is C17H22N2O. The zero-order valence-corrected chi connectivity index (χ0v) is 11.8. The zero-order valence-electron chi connectivity index (χ0n) is 11.8. The van der Waals surface area contributed by atoms with Crippen LogP contribution in [0.3, 0.4) is 0 Å². The molecule has 1 heterocycles. The molecule has 1 aliphatic heterocycles. The Morgan fingerprint density at radius 3 is 2.40 bits per heavy atom. The van der Waals surface area contributed by atoms with Crippen LogP contribution < -0.4 is 10.6 Å². The van der Waals surface area contributed by atoms with E-state index in [0.717, 1.165) is 25.9 Å². The first-order valence-corrected chi connectivity index (χ1v) is 7.40. The molecule has 1 aliphatic rings. The monoisotopic (exact) mass is 270 g/mol. The van der Waals surface area contributed by atoms with Gasteiger partial charge in [-0.25, -0.2) is 0 Å². The predicted octanol–water partition coefficient (Wildman–Crippen LogP) is 2.51. The Balaban J connectivity index is 1.96. The molecule has 2 aromatic rings. The highest BCUT2D eigenvalue weighted by Gasteiger charge is 2.20. The number of hydrogen-bond acceptors (Lipinski definition) is 3. The Kier molecular flexibility index (Phi) is 3.90. The molecule has 0 saturated carbocycles. The van der Waals surface area contributed by atoms with Crippen LogP contribution in [0.15, 0.2) is 36.4 Å². The molecule has 1 fully saturated rings. The second-order valence-electron chi connectivity index (χ2n) is 5.61. The molecule has 2 aromatic carbocycles. The predicted molar refractivity (Wildman–Crippen MR) is 83.9 cm³/mol. The summed E-state index contributed by atoms with van der Waals surface area (Å²) in [5.74, 6) is 0.473. The van der Waals surface area contributed by atoms with E-state index in [4.69, 9.17) is 5.73 Å². The van der Waals surface area contributed by atoms with Crippen molar-refractivity contribution >= 4 is 16.5 Å². The van der Waals surface area contributed by atoms with Crippen molar-refractivity contribution in [1.29, 1.82) is 0 Å². The summed E-state index contributed by atoms with van der Waals surface area (Å²) in [6.45, 7) is 2.95. The summed E-state index contributed by atoms with van der Waals surface area (Å²) in [6.07, 6.45) is 2.15. The maximum absolute atomic E-state index is 9.26. The third kappa shape index (κ3) is 2.39.